The van der Waals surface area contributed by atoms with E-state index in [2.05, 4.69) is 4.98 Å². The number of pyridine rings is 1. The molecule has 1 aromatic carbocycles. The van der Waals surface area contributed by atoms with E-state index in [4.69, 9.17) is 11.6 Å². The highest BCUT2D eigenvalue weighted by Gasteiger charge is 1.99. The monoisotopic (exact) mass is 249 g/mol. The van der Waals surface area contributed by atoms with Crippen LogP contribution in [0.15, 0.2) is 52.5 Å². The zero-order valence-corrected chi connectivity index (χ0v) is 9.83. The maximum absolute atomic E-state index is 10.5. The van der Waals surface area contributed by atoms with E-state index in [1.165, 1.54) is 11.8 Å². The van der Waals surface area contributed by atoms with E-state index in [1.807, 2.05) is 18.2 Å². The first-order chi connectivity index (χ1) is 7.78. The average Bonchev–Trinajstić information content (AvgIpc) is 2.33. The maximum atomic E-state index is 10.5. The van der Waals surface area contributed by atoms with Gasteiger partial charge in [-0.25, -0.2) is 4.98 Å². The van der Waals surface area contributed by atoms with Gasteiger partial charge in [0.2, 0.25) is 0 Å². The number of aldehydes is 1. The number of hydrogen-bond donors (Lipinski definition) is 0. The number of aromatic nitrogens is 1. The summed E-state index contributed by atoms with van der Waals surface area (Å²) in [7, 11) is 0. The number of rotatable bonds is 3. The van der Waals surface area contributed by atoms with Crippen LogP contribution in [0, 0.1) is 0 Å². The van der Waals surface area contributed by atoms with Crippen LogP contribution in [0.2, 0.25) is 5.02 Å². The molecule has 16 heavy (non-hydrogen) atoms. The molecular weight excluding hydrogens is 242 g/mol. The quantitative estimate of drug-likeness (QED) is 0.777. The van der Waals surface area contributed by atoms with Crippen molar-refractivity contribution in [3.8, 4) is 0 Å². The molecule has 2 nitrogen and oxygen atoms in total. The molecule has 0 fully saturated rings. The van der Waals surface area contributed by atoms with Crippen molar-refractivity contribution in [3.05, 3.63) is 53.2 Å². The topological polar surface area (TPSA) is 30.0 Å². The minimum Gasteiger partial charge on any atom is -0.298 e. The molecule has 0 amide bonds. The molecule has 0 aliphatic carbocycles. The van der Waals surface area contributed by atoms with E-state index in [9.17, 15) is 4.79 Å². The maximum Gasteiger partial charge on any atom is 0.150 e. The van der Waals surface area contributed by atoms with Crippen LogP contribution in [0.3, 0.4) is 0 Å². The number of benzene rings is 1. The SMILES string of the molecule is O=Cc1ccc(Sc2ccc(Cl)cn2)cc1. The Hall–Kier alpha value is -1.32. The summed E-state index contributed by atoms with van der Waals surface area (Å²) in [6.07, 6.45) is 2.44. The van der Waals surface area contributed by atoms with Gasteiger partial charge >= 0.3 is 0 Å². The van der Waals surface area contributed by atoms with Crippen LogP contribution in [0.5, 0.6) is 0 Å². The van der Waals surface area contributed by atoms with Crippen molar-refractivity contribution in [1.29, 1.82) is 0 Å². The molecule has 0 atom stereocenters. The van der Waals surface area contributed by atoms with Crippen molar-refractivity contribution in [2.75, 3.05) is 0 Å². The second-order valence-corrected chi connectivity index (χ2v) is 4.63. The highest BCUT2D eigenvalue weighted by Crippen LogP contribution is 2.26. The molecule has 0 unspecified atom stereocenters. The summed E-state index contributed by atoms with van der Waals surface area (Å²) in [6, 6.07) is 11.0. The van der Waals surface area contributed by atoms with E-state index in [-0.39, 0.29) is 0 Å². The molecule has 0 aliphatic rings. The Kier molecular flexibility index (Phi) is 3.59. The Morgan fingerprint density at radius 3 is 2.44 bits per heavy atom. The summed E-state index contributed by atoms with van der Waals surface area (Å²) >= 11 is 7.27. The molecule has 0 saturated heterocycles. The third-order valence-corrected chi connectivity index (χ3v) is 3.12. The van der Waals surface area contributed by atoms with Gasteiger partial charge in [0.15, 0.2) is 0 Å². The Morgan fingerprint density at radius 1 is 1.12 bits per heavy atom. The Bertz CT molecular complexity index is 481. The molecule has 0 spiro atoms. The third-order valence-electron chi connectivity index (χ3n) is 1.94. The standard InChI is InChI=1S/C12H8ClNOS/c13-10-3-6-12(14-7-10)16-11-4-1-9(8-15)2-5-11/h1-8H. The second-order valence-electron chi connectivity index (χ2n) is 3.10. The lowest BCUT2D eigenvalue weighted by atomic mass is 10.2. The summed E-state index contributed by atoms with van der Waals surface area (Å²) in [5.41, 5.74) is 0.674. The summed E-state index contributed by atoms with van der Waals surface area (Å²) in [4.78, 5) is 15.7. The first-order valence-electron chi connectivity index (χ1n) is 4.62. The van der Waals surface area contributed by atoms with Gasteiger partial charge in [0, 0.05) is 16.7 Å². The highest BCUT2D eigenvalue weighted by molar-refractivity contribution is 7.99. The third kappa shape index (κ3) is 2.84. The molecule has 1 aromatic heterocycles. The van der Waals surface area contributed by atoms with Gasteiger partial charge in [-0.05, 0) is 24.3 Å². The molecule has 0 aliphatic heterocycles. The van der Waals surface area contributed by atoms with Crippen molar-refractivity contribution in [3.63, 3.8) is 0 Å². The minimum atomic E-state index is 0.626. The number of carbonyl (C=O) groups is 1. The summed E-state index contributed by atoms with van der Waals surface area (Å²) in [5, 5.41) is 1.50. The average molecular weight is 250 g/mol. The summed E-state index contributed by atoms with van der Waals surface area (Å²) in [5.74, 6) is 0. The highest BCUT2D eigenvalue weighted by atomic mass is 35.5. The largest absolute Gasteiger partial charge is 0.298 e. The number of nitrogens with zero attached hydrogens (tertiary/aromatic N) is 1. The molecule has 0 bridgehead atoms. The van der Waals surface area contributed by atoms with Crippen molar-refractivity contribution in [2.24, 2.45) is 0 Å². The molecule has 0 saturated carbocycles. The molecule has 4 heteroatoms. The van der Waals surface area contributed by atoms with E-state index in [0.29, 0.717) is 10.6 Å². The van der Waals surface area contributed by atoms with Gasteiger partial charge in [-0.15, -0.1) is 0 Å². The van der Waals surface area contributed by atoms with Gasteiger partial charge in [-0.2, -0.15) is 0 Å². The van der Waals surface area contributed by atoms with Crippen LogP contribution in [-0.4, -0.2) is 11.3 Å². The van der Waals surface area contributed by atoms with E-state index < -0.39 is 0 Å². The van der Waals surface area contributed by atoms with Gasteiger partial charge in [-0.3, -0.25) is 4.79 Å². The minimum absolute atomic E-state index is 0.626. The van der Waals surface area contributed by atoms with Crippen LogP contribution in [0.25, 0.3) is 0 Å². The van der Waals surface area contributed by atoms with Gasteiger partial charge in [0.25, 0.3) is 0 Å². The predicted octanol–water partition coefficient (Wildman–Crippen LogP) is 3.70. The molecule has 0 N–H and O–H groups in total. The fourth-order valence-electron chi connectivity index (χ4n) is 1.16. The fraction of sp³-hybridized carbons (Fsp3) is 0. The zero-order valence-electron chi connectivity index (χ0n) is 8.26. The van der Waals surface area contributed by atoms with E-state index in [0.717, 1.165) is 16.2 Å². The van der Waals surface area contributed by atoms with Crippen LogP contribution >= 0.6 is 23.4 Å². The Balaban J connectivity index is 2.14. The van der Waals surface area contributed by atoms with Crippen LogP contribution in [0.1, 0.15) is 10.4 Å². The molecular formula is C12H8ClNOS. The number of carbonyl (C=O) groups excluding carboxylic acids is 1. The van der Waals surface area contributed by atoms with E-state index >= 15 is 0 Å². The number of hydrogen-bond acceptors (Lipinski definition) is 3. The fourth-order valence-corrected chi connectivity index (χ4v) is 2.02. The van der Waals surface area contributed by atoms with Gasteiger partial charge in [-0.1, -0.05) is 35.5 Å². The lowest BCUT2D eigenvalue weighted by molar-refractivity contribution is 0.112. The molecule has 0 radical (unpaired) electrons. The zero-order chi connectivity index (χ0) is 11.4. The van der Waals surface area contributed by atoms with Crippen molar-refractivity contribution in [2.45, 2.75) is 9.92 Å². The van der Waals surface area contributed by atoms with Crippen molar-refractivity contribution < 1.29 is 4.79 Å². The Morgan fingerprint density at radius 2 is 1.88 bits per heavy atom. The van der Waals surface area contributed by atoms with E-state index in [1.54, 1.807) is 24.4 Å². The van der Waals surface area contributed by atoms with Crippen LogP contribution < -0.4 is 0 Å². The molecule has 1 heterocycles. The van der Waals surface area contributed by atoms with Crippen molar-refractivity contribution in [1.82, 2.24) is 4.98 Å². The second kappa shape index (κ2) is 5.14. The first-order valence-corrected chi connectivity index (χ1v) is 5.82. The lowest BCUT2D eigenvalue weighted by Gasteiger charge is -2.00. The molecule has 80 valence electrons. The van der Waals surface area contributed by atoms with Gasteiger partial charge in [0.05, 0.1) is 5.02 Å². The molecule has 2 aromatic rings. The lowest BCUT2D eigenvalue weighted by Crippen LogP contribution is -1.81. The van der Waals surface area contributed by atoms with Gasteiger partial charge < -0.3 is 0 Å². The Labute approximate surface area is 103 Å². The molecule has 2 rings (SSSR count). The summed E-state index contributed by atoms with van der Waals surface area (Å²) in [6.45, 7) is 0. The normalized spacial score (nSPS) is 10.1. The first kappa shape index (κ1) is 11.2. The number of halogens is 1. The van der Waals surface area contributed by atoms with Crippen LogP contribution in [0.4, 0.5) is 0 Å². The predicted molar refractivity (Wildman–Crippen MR) is 65.2 cm³/mol. The smallest absolute Gasteiger partial charge is 0.150 e. The van der Waals surface area contributed by atoms with Gasteiger partial charge in [0.1, 0.15) is 11.3 Å². The van der Waals surface area contributed by atoms with Crippen LogP contribution in [-0.2, 0) is 0 Å². The summed E-state index contributed by atoms with van der Waals surface area (Å²) < 4.78 is 0. The van der Waals surface area contributed by atoms with Crippen molar-refractivity contribution >= 4 is 29.6 Å².